The molecule has 0 radical (unpaired) electrons. The number of hydrogen-bond acceptors (Lipinski definition) is 5. The summed E-state index contributed by atoms with van der Waals surface area (Å²) in [6.07, 6.45) is 0. The first-order chi connectivity index (χ1) is 15.0. The molecule has 1 aliphatic rings. The third kappa shape index (κ3) is 4.64. The van der Waals surface area contributed by atoms with Crippen LogP contribution in [0.5, 0.6) is 11.5 Å². The minimum atomic E-state index is -0.420. The molecule has 0 spiro atoms. The number of hydrogen-bond donors (Lipinski definition) is 3. The van der Waals surface area contributed by atoms with Crippen LogP contribution in [-0.4, -0.2) is 24.6 Å². The SMILES string of the molecule is Cc1cc(C(=O)NC(N)=Nc2cccc(NC(=O)c3ccccc3)c2)cc2c1OCO2. The van der Waals surface area contributed by atoms with Crippen LogP contribution in [0.3, 0.4) is 0 Å². The van der Waals surface area contributed by atoms with Crippen LogP contribution < -0.4 is 25.8 Å². The van der Waals surface area contributed by atoms with E-state index >= 15 is 0 Å². The van der Waals surface area contributed by atoms with Gasteiger partial charge in [0.05, 0.1) is 5.69 Å². The van der Waals surface area contributed by atoms with Gasteiger partial charge in [-0.15, -0.1) is 0 Å². The molecule has 0 aliphatic carbocycles. The topological polar surface area (TPSA) is 115 Å². The monoisotopic (exact) mass is 416 g/mol. The Balaban J connectivity index is 1.45. The van der Waals surface area contributed by atoms with Gasteiger partial charge in [0.25, 0.3) is 11.8 Å². The average molecular weight is 416 g/mol. The maximum atomic E-state index is 12.5. The lowest BCUT2D eigenvalue weighted by molar-refractivity contribution is 0.0974. The number of nitrogens with zero attached hydrogens (tertiary/aromatic N) is 1. The molecule has 2 amide bonds. The van der Waals surface area contributed by atoms with Crippen molar-refractivity contribution in [2.45, 2.75) is 6.92 Å². The van der Waals surface area contributed by atoms with Crippen molar-refractivity contribution in [3.05, 3.63) is 83.4 Å². The van der Waals surface area contributed by atoms with Crippen molar-refractivity contribution in [3.8, 4) is 11.5 Å². The Morgan fingerprint density at radius 2 is 1.74 bits per heavy atom. The third-order valence-corrected chi connectivity index (χ3v) is 4.55. The highest BCUT2D eigenvalue weighted by atomic mass is 16.7. The summed E-state index contributed by atoms with van der Waals surface area (Å²) >= 11 is 0. The van der Waals surface area contributed by atoms with E-state index in [0.717, 1.165) is 5.56 Å². The standard InChI is InChI=1S/C23H20N4O4/c1-14-10-16(11-19-20(14)31-13-30-19)22(29)27-23(24)26-18-9-5-8-17(12-18)25-21(28)15-6-3-2-4-7-15/h2-12H,13H2,1H3,(H,25,28)(H3,24,26,27,29). The van der Waals surface area contributed by atoms with Crippen LogP contribution in [0, 0.1) is 6.92 Å². The summed E-state index contributed by atoms with van der Waals surface area (Å²) in [5.41, 5.74) is 8.66. The molecular weight excluding hydrogens is 396 g/mol. The number of carbonyl (C=O) groups excluding carboxylic acids is 2. The van der Waals surface area contributed by atoms with Crippen molar-refractivity contribution in [3.63, 3.8) is 0 Å². The molecule has 0 saturated heterocycles. The van der Waals surface area contributed by atoms with Crippen molar-refractivity contribution in [1.82, 2.24) is 5.32 Å². The summed E-state index contributed by atoms with van der Waals surface area (Å²) in [6.45, 7) is 1.96. The van der Waals surface area contributed by atoms with Crippen LogP contribution in [0.4, 0.5) is 11.4 Å². The van der Waals surface area contributed by atoms with Gasteiger partial charge in [-0.2, -0.15) is 0 Å². The fraction of sp³-hybridized carbons (Fsp3) is 0.0870. The van der Waals surface area contributed by atoms with Crippen LogP contribution in [0.25, 0.3) is 0 Å². The van der Waals surface area contributed by atoms with Crippen molar-refractivity contribution in [2.24, 2.45) is 10.7 Å². The Kier molecular flexibility index (Phi) is 5.53. The number of amides is 2. The van der Waals surface area contributed by atoms with E-state index in [1.54, 1.807) is 60.7 Å². The van der Waals surface area contributed by atoms with Gasteiger partial charge in [-0.1, -0.05) is 24.3 Å². The smallest absolute Gasteiger partial charge is 0.258 e. The number of guanidine groups is 1. The lowest BCUT2D eigenvalue weighted by Crippen LogP contribution is -2.36. The fourth-order valence-electron chi connectivity index (χ4n) is 3.12. The van der Waals surface area contributed by atoms with E-state index in [0.29, 0.717) is 34.0 Å². The number of carbonyl (C=O) groups is 2. The van der Waals surface area contributed by atoms with Crippen LogP contribution in [0.2, 0.25) is 0 Å². The number of aliphatic imine (C=N–C) groups is 1. The van der Waals surface area contributed by atoms with E-state index in [9.17, 15) is 9.59 Å². The Morgan fingerprint density at radius 3 is 2.55 bits per heavy atom. The summed E-state index contributed by atoms with van der Waals surface area (Å²) in [5, 5.41) is 5.36. The van der Waals surface area contributed by atoms with Crippen molar-refractivity contribution < 1.29 is 19.1 Å². The Labute approximate surface area is 178 Å². The molecule has 3 aromatic carbocycles. The Morgan fingerprint density at radius 1 is 0.935 bits per heavy atom. The molecule has 1 aliphatic heterocycles. The lowest BCUT2D eigenvalue weighted by Gasteiger charge is -2.08. The van der Waals surface area contributed by atoms with E-state index in [1.165, 1.54) is 0 Å². The summed E-state index contributed by atoms with van der Waals surface area (Å²) < 4.78 is 10.7. The van der Waals surface area contributed by atoms with Gasteiger partial charge in [-0.05, 0) is 55.0 Å². The van der Waals surface area contributed by atoms with Gasteiger partial charge >= 0.3 is 0 Å². The largest absolute Gasteiger partial charge is 0.454 e. The minimum absolute atomic E-state index is 0.0770. The molecule has 4 rings (SSSR count). The molecule has 8 nitrogen and oxygen atoms in total. The minimum Gasteiger partial charge on any atom is -0.454 e. The van der Waals surface area contributed by atoms with Crippen LogP contribution in [0.15, 0.2) is 71.7 Å². The number of nitrogens with one attached hydrogen (secondary N) is 2. The molecule has 0 fully saturated rings. The van der Waals surface area contributed by atoms with Crippen LogP contribution >= 0.6 is 0 Å². The van der Waals surface area contributed by atoms with Gasteiger partial charge in [0, 0.05) is 16.8 Å². The van der Waals surface area contributed by atoms with E-state index in [4.69, 9.17) is 15.2 Å². The molecule has 0 aromatic heterocycles. The second-order valence-electron chi connectivity index (χ2n) is 6.85. The lowest BCUT2D eigenvalue weighted by atomic mass is 10.1. The molecule has 0 atom stereocenters. The molecule has 1 heterocycles. The maximum Gasteiger partial charge on any atom is 0.258 e. The van der Waals surface area contributed by atoms with Crippen molar-refractivity contribution in [1.29, 1.82) is 0 Å². The highest BCUT2D eigenvalue weighted by molar-refractivity contribution is 6.06. The average Bonchev–Trinajstić information content (AvgIpc) is 3.24. The van der Waals surface area contributed by atoms with Crippen molar-refractivity contribution >= 4 is 29.1 Å². The van der Waals surface area contributed by atoms with Gasteiger partial charge in [0.1, 0.15) is 0 Å². The summed E-state index contributed by atoms with van der Waals surface area (Å²) in [7, 11) is 0. The Bertz CT molecular complexity index is 1180. The zero-order valence-electron chi connectivity index (χ0n) is 16.7. The molecule has 8 heteroatoms. The molecule has 0 unspecified atom stereocenters. The number of rotatable bonds is 4. The number of anilines is 1. The van der Waals surface area contributed by atoms with E-state index in [2.05, 4.69) is 15.6 Å². The second kappa shape index (κ2) is 8.58. The third-order valence-electron chi connectivity index (χ3n) is 4.55. The summed E-state index contributed by atoms with van der Waals surface area (Å²) in [4.78, 5) is 29.1. The molecule has 156 valence electrons. The normalized spacial score (nSPS) is 12.4. The molecule has 3 aromatic rings. The maximum absolute atomic E-state index is 12.5. The predicted octanol–water partition coefficient (Wildman–Crippen LogP) is 3.35. The summed E-state index contributed by atoms with van der Waals surface area (Å²) in [6, 6.07) is 19.0. The molecule has 31 heavy (non-hydrogen) atoms. The quantitative estimate of drug-likeness (QED) is 0.446. The molecular formula is C23H20N4O4. The van der Waals surface area contributed by atoms with Gasteiger partial charge in [-0.3, -0.25) is 14.9 Å². The molecule has 4 N–H and O–H groups in total. The van der Waals surface area contributed by atoms with Gasteiger partial charge in [0.2, 0.25) is 12.8 Å². The highest BCUT2D eigenvalue weighted by Crippen LogP contribution is 2.36. The number of nitrogens with two attached hydrogens (primary N) is 1. The molecule has 0 saturated carbocycles. The number of fused-ring (bicyclic) bond motifs is 1. The summed E-state index contributed by atoms with van der Waals surface area (Å²) in [5.74, 6) is 0.416. The van der Waals surface area contributed by atoms with Crippen molar-refractivity contribution in [2.75, 3.05) is 12.1 Å². The Hall–Kier alpha value is -4.33. The number of benzene rings is 3. The van der Waals surface area contributed by atoms with E-state index in [1.807, 2.05) is 13.0 Å². The van der Waals surface area contributed by atoms with Crippen LogP contribution in [0.1, 0.15) is 26.3 Å². The fourth-order valence-corrected chi connectivity index (χ4v) is 3.12. The van der Waals surface area contributed by atoms with E-state index < -0.39 is 5.91 Å². The number of ether oxygens (including phenoxy) is 2. The zero-order valence-corrected chi connectivity index (χ0v) is 16.7. The first-order valence-electron chi connectivity index (χ1n) is 9.52. The van der Waals surface area contributed by atoms with Crippen LogP contribution in [-0.2, 0) is 0 Å². The first kappa shape index (κ1) is 20.0. The highest BCUT2D eigenvalue weighted by Gasteiger charge is 2.19. The van der Waals surface area contributed by atoms with Gasteiger partial charge in [0.15, 0.2) is 11.5 Å². The second-order valence-corrected chi connectivity index (χ2v) is 6.85. The van der Waals surface area contributed by atoms with Gasteiger partial charge in [-0.25, -0.2) is 4.99 Å². The first-order valence-corrected chi connectivity index (χ1v) is 9.52. The predicted molar refractivity (Wildman–Crippen MR) is 117 cm³/mol. The zero-order chi connectivity index (χ0) is 21.8. The van der Waals surface area contributed by atoms with E-state index in [-0.39, 0.29) is 18.7 Å². The molecule has 0 bridgehead atoms. The van der Waals surface area contributed by atoms with Gasteiger partial charge < -0.3 is 20.5 Å². The number of aryl methyl sites for hydroxylation is 1.